The van der Waals surface area contributed by atoms with E-state index in [9.17, 15) is 9.90 Å². The number of rotatable bonds is 8. The van der Waals surface area contributed by atoms with Crippen LogP contribution in [0.2, 0.25) is 5.02 Å². The van der Waals surface area contributed by atoms with Crippen LogP contribution >= 0.6 is 24.0 Å². The molecule has 0 spiro atoms. The average molecular weight is 365 g/mol. The van der Waals surface area contributed by atoms with E-state index in [0.29, 0.717) is 35.0 Å². The number of aliphatic hydroxyl groups is 1. The van der Waals surface area contributed by atoms with E-state index in [1.165, 1.54) is 19.2 Å². The average Bonchev–Trinajstić information content (AvgIpc) is 2.53. The SMILES string of the molecule is CCC(CC)(CCO)CNC(=O)c1cc(Cl)c(N)cc1OC.Cl. The molecule has 1 aromatic carbocycles. The highest BCUT2D eigenvalue weighted by atomic mass is 35.5. The fourth-order valence-corrected chi connectivity index (χ4v) is 2.62. The van der Waals surface area contributed by atoms with Gasteiger partial charge in [-0.3, -0.25) is 4.79 Å². The summed E-state index contributed by atoms with van der Waals surface area (Å²) in [7, 11) is 1.48. The number of anilines is 1. The molecule has 1 aromatic rings. The molecule has 0 saturated carbocycles. The van der Waals surface area contributed by atoms with Crippen molar-refractivity contribution < 1.29 is 14.6 Å². The number of hydrogen-bond acceptors (Lipinski definition) is 4. The summed E-state index contributed by atoms with van der Waals surface area (Å²) in [6.45, 7) is 4.72. The lowest BCUT2D eigenvalue weighted by atomic mass is 9.79. The van der Waals surface area contributed by atoms with Crippen LogP contribution < -0.4 is 15.8 Å². The van der Waals surface area contributed by atoms with E-state index in [2.05, 4.69) is 19.2 Å². The van der Waals surface area contributed by atoms with Crippen LogP contribution in [0.1, 0.15) is 43.5 Å². The molecule has 0 aromatic heterocycles. The Balaban J connectivity index is 0.00000484. The maximum absolute atomic E-state index is 12.4. The number of nitrogens with one attached hydrogen (secondary N) is 1. The van der Waals surface area contributed by atoms with Crippen LogP contribution in [-0.2, 0) is 0 Å². The Morgan fingerprint density at radius 2 is 2.00 bits per heavy atom. The van der Waals surface area contributed by atoms with E-state index < -0.39 is 0 Å². The lowest BCUT2D eigenvalue weighted by Crippen LogP contribution is -2.37. The topological polar surface area (TPSA) is 84.6 Å². The number of methoxy groups -OCH3 is 1. The number of hydrogen-bond donors (Lipinski definition) is 3. The fourth-order valence-electron chi connectivity index (χ4n) is 2.46. The summed E-state index contributed by atoms with van der Waals surface area (Å²) in [5.74, 6) is 0.128. The van der Waals surface area contributed by atoms with Crippen LogP contribution in [-0.4, -0.2) is 31.3 Å². The Morgan fingerprint density at radius 3 is 2.48 bits per heavy atom. The first kappa shape index (κ1) is 21.8. The predicted molar refractivity (Wildman–Crippen MR) is 96.7 cm³/mol. The number of benzene rings is 1. The highest BCUT2D eigenvalue weighted by Crippen LogP contribution is 2.31. The van der Waals surface area contributed by atoms with Gasteiger partial charge in [0, 0.05) is 19.2 Å². The number of carbonyl (C=O) groups is 1. The van der Waals surface area contributed by atoms with Crippen molar-refractivity contribution in [3.8, 4) is 5.75 Å². The molecule has 0 unspecified atom stereocenters. The molecule has 0 radical (unpaired) electrons. The van der Waals surface area contributed by atoms with Crippen molar-refractivity contribution in [1.82, 2.24) is 5.32 Å². The largest absolute Gasteiger partial charge is 0.496 e. The van der Waals surface area contributed by atoms with Crippen molar-refractivity contribution in [2.45, 2.75) is 33.1 Å². The van der Waals surface area contributed by atoms with Gasteiger partial charge < -0.3 is 20.9 Å². The zero-order valence-corrected chi connectivity index (χ0v) is 15.4. The lowest BCUT2D eigenvalue weighted by Gasteiger charge is -2.31. The van der Waals surface area contributed by atoms with Crippen LogP contribution in [0, 0.1) is 5.41 Å². The standard InChI is InChI=1S/C16H25ClN2O3.ClH/c1-4-16(5-2,6-7-20)10-19-15(21)11-8-12(17)13(18)9-14(11)22-3;/h8-9,20H,4-7,10,18H2,1-3H3,(H,19,21);1H. The van der Waals surface area contributed by atoms with Gasteiger partial charge in [-0.05, 0) is 30.7 Å². The molecule has 0 fully saturated rings. The zero-order chi connectivity index (χ0) is 16.8. The van der Waals surface area contributed by atoms with E-state index in [0.717, 1.165) is 12.8 Å². The van der Waals surface area contributed by atoms with E-state index in [-0.39, 0.29) is 30.3 Å². The Hall–Kier alpha value is -1.17. The van der Waals surface area contributed by atoms with E-state index in [4.69, 9.17) is 22.1 Å². The number of carbonyl (C=O) groups excluding carboxylic acids is 1. The minimum atomic E-state index is -0.261. The molecule has 5 nitrogen and oxygen atoms in total. The minimum Gasteiger partial charge on any atom is -0.496 e. The monoisotopic (exact) mass is 364 g/mol. The molecule has 0 aliphatic heterocycles. The summed E-state index contributed by atoms with van der Waals surface area (Å²) in [4.78, 5) is 12.4. The molecule has 0 aliphatic rings. The Labute approximate surface area is 148 Å². The van der Waals surface area contributed by atoms with Gasteiger partial charge >= 0.3 is 0 Å². The summed E-state index contributed by atoms with van der Waals surface area (Å²) in [6, 6.07) is 3.05. The number of halogens is 2. The van der Waals surface area contributed by atoms with Gasteiger partial charge in [-0.2, -0.15) is 0 Å². The van der Waals surface area contributed by atoms with E-state index in [1.807, 2.05) is 0 Å². The first-order valence-electron chi connectivity index (χ1n) is 7.45. The van der Waals surface area contributed by atoms with Crippen LogP contribution in [0.15, 0.2) is 12.1 Å². The predicted octanol–water partition coefficient (Wildman–Crippen LogP) is 3.27. The molecule has 132 valence electrons. The second kappa shape index (κ2) is 9.85. The van der Waals surface area contributed by atoms with Crippen LogP contribution in [0.3, 0.4) is 0 Å². The van der Waals surface area contributed by atoms with Crippen LogP contribution in [0.5, 0.6) is 5.75 Å². The Kier molecular flexibility index (Phi) is 9.35. The highest BCUT2D eigenvalue weighted by molar-refractivity contribution is 6.33. The fraction of sp³-hybridized carbons (Fsp3) is 0.562. The van der Waals surface area contributed by atoms with Crippen molar-refractivity contribution in [3.05, 3.63) is 22.7 Å². The molecule has 0 bridgehead atoms. The number of ether oxygens (including phenoxy) is 1. The summed E-state index contributed by atoms with van der Waals surface area (Å²) in [5, 5.41) is 12.5. The lowest BCUT2D eigenvalue weighted by molar-refractivity contribution is 0.0904. The normalized spacial score (nSPS) is 10.8. The van der Waals surface area contributed by atoms with Crippen molar-refractivity contribution in [1.29, 1.82) is 0 Å². The molecule has 4 N–H and O–H groups in total. The third-order valence-corrected chi connectivity index (χ3v) is 4.66. The van der Waals surface area contributed by atoms with Crippen LogP contribution in [0.4, 0.5) is 5.69 Å². The summed E-state index contributed by atoms with van der Waals surface area (Å²) >= 11 is 5.99. The van der Waals surface area contributed by atoms with Gasteiger partial charge in [0.15, 0.2) is 0 Å². The quantitative estimate of drug-likeness (QED) is 0.618. The maximum Gasteiger partial charge on any atom is 0.255 e. The molecule has 7 heteroatoms. The van der Waals surface area contributed by atoms with Gasteiger partial charge in [-0.15, -0.1) is 12.4 Å². The minimum absolute atomic E-state index is 0. The second-order valence-electron chi connectivity index (χ2n) is 5.44. The van der Waals surface area contributed by atoms with Gasteiger partial charge in [-0.1, -0.05) is 25.4 Å². The smallest absolute Gasteiger partial charge is 0.255 e. The van der Waals surface area contributed by atoms with Gasteiger partial charge in [0.2, 0.25) is 0 Å². The van der Waals surface area contributed by atoms with Gasteiger partial charge in [0.05, 0.1) is 23.4 Å². The first-order chi connectivity index (χ1) is 10.4. The number of aliphatic hydroxyl groups excluding tert-OH is 1. The molecule has 0 heterocycles. The first-order valence-corrected chi connectivity index (χ1v) is 7.83. The Morgan fingerprint density at radius 1 is 1.39 bits per heavy atom. The molecule has 1 amide bonds. The van der Waals surface area contributed by atoms with Gasteiger partial charge in [-0.25, -0.2) is 0 Å². The number of nitrogen functional groups attached to an aromatic ring is 1. The third kappa shape index (κ3) is 5.44. The summed E-state index contributed by atoms with van der Waals surface area (Å²) in [6.07, 6.45) is 2.41. The number of nitrogens with two attached hydrogens (primary N) is 1. The maximum atomic E-state index is 12.4. The van der Waals surface area contributed by atoms with Crippen molar-refractivity contribution >= 4 is 35.6 Å². The number of amides is 1. The van der Waals surface area contributed by atoms with Crippen molar-refractivity contribution in [3.63, 3.8) is 0 Å². The summed E-state index contributed by atoms with van der Waals surface area (Å²) in [5.41, 5.74) is 6.34. The molecule has 0 atom stereocenters. The molecule has 0 aliphatic carbocycles. The molecule has 23 heavy (non-hydrogen) atoms. The molecule has 0 saturated heterocycles. The van der Waals surface area contributed by atoms with Crippen molar-refractivity contribution in [2.75, 3.05) is 26.0 Å². The molecular formula is C16H26Cl2N2O3. The van der Waals surface area contributed by atoms with Crippen molar-refractivity contribution in [2.24, 2.45) is 5.41 Å². The summed E-state index contributed by atoms with van der Waals surface area (Å²) < 4.78 is 5.19. The molecule has 1 rings (SSSR count). The second-order valence-corrected chi connectivity index (χ2v) is 5.84. The highest BCUT2D eigenvalue weighted by Gasteiger charge is 2.27. The molecular weight excluding hydrogens is 339 g/mol. The van der Waals surface area contributed by atoms with E-state index >= 15 is 0 Å². The zero-order valence-electron chi connectivity index (χ0n) is 13.8. The van der Waals surface area contributed by atoms with Gasteiger partial charge in [0.1, 0.15) is 5.75 Å². The van der Waals surface area contributed by atoms with Crippen LogP contribution in [0.25, 0.3) is 0 Å². The van der Waals surface area contributed by atoms with Gasteiger partial charge in [0.25, 0.3) is 5.91 Å². The van der Waals surface area contributed by atoms with E-state index in [1.54, 1.807) is 0 Å². The third-order valence-electron chi connectivity index (χ3n) is 4.33. The Bertz CT molecular complexity index is 520.